The van der Waals surface area contributed by atoms with Crippen molar-refractivity contribution in [3.05, 3.63) is 74.2 Å². The van der Waals surface area contributed by atoms with E-state index in [-0.39, 0.29) is 18.2 Å². The highest BCUT2D eigenvalue weighted by Crippen LogP contribution is 2.21. The Bertz CT molecular complexity index is 989. The van der Waals surface area contributed by atoms with Crippen LogP contribution in [0.15, 0.2) is 52.3 Å². The second-order valence-corrected chi connectivity index (χ2v) is 8.00. The van der Waals surface area contributed by atoms with E-state index in [1.54, 1.807) is 29.6 Å². The Labute approximate surface area is 173 Å². The van der Waals surface area contributed by atoms with Crippen LogP contribution in [0.5, 0.6) is 0 Å². The summed E-state index contributed by atoms with van der Waals surface area (Å²) in [6.07, 6.45) is 0.128. The van der Waals surface area contributed by atoms with Gasteiger partial charge in [-0.15, -0.1) is 11.3 Å². The lowest BCUT2D eigenvalue weighted by atomic mass is 10.2. The van der Waals surface area contributed by atoms with Gasteiger partial charge in [-0.3, -0.25) is 14.9 Å². The summed E-state index contributed by atoms with van der Waals surface area (Å²) in [5.74, 6) is -0.441. The van der Waals surface area contributed by atoms with Crippen LogP contribution < -0.4 is 10.6 Å². The van der Waals surface area contributed by atoms with Crippen molar-refractivity contribution in [2.45, 2.75) is 13.3 Å². The first kappa shape index (κ1) is 19.5. The van der Waals surface area contributed by atoms with E-state index in [0.29, 0.717) is 21.4 Å². The van der Waals surface area contributed by atoms with Gasteiger partial charge in [-0.25, -0.2) is 4.98 Å². The summed E-state index contributed by atoms with van der Waals surface area (Å²) in [5.41, 5.74) is 2.81. The van der Waals surface area contributed by atoms with Crippen LogP contribution in [0.4, 0.5) is 10.8 Å². The number of amides is 2. The van der Waals surface area contributed by atoms with Crippen molar-refractivity contribution in [2.75, 3.05) is 10.6 Å². The van der Waals surface area contributed by atoms with Gasteiger partial charge in [0.05, 0.1) is 12.1 Å². The molecule has 0 unspecified atom stereocenters. The summed E-state index contributed by atoms with van der Waals surface area (Å²) < 4.78 is 0.957. The molecule has 0 radical (unpaired) electrons. The minimum absolute atomic E-state index is 0.128. The lowest BCUT2D eigenvalue weighted by Gasteiger charge is -2.08. The number of benzene rings is 2. The van der Waals surface area contributed by atoms with Crippen molar-refractivity contribution in [3.8, 4) is 0 Å². The summed E-state index contributed by atoms with van der Waals surface area (Å²) in [5, 5.41) is 8.36. The maximum atomic E-state index is 12.2. The van der Waals surface area contributed by atoms with Gasteiger partial charge in [-0.1, -0.05) is 27.5 Å². The molecule has 1 heterocycles. The van der Waals surface area contributed by atoms with Gasteiger partial charge in [-0.2, -0.15) is 0 Å². The number of anilines is 2. The molecule has 0 bridgehead atoms. The molecule has 2 amide bonds. The minimum Gasteiger partial charge on any atom is -0.326 e. The molecule has 8 heteroatoms. The molecule has 1 aromatic heterocycles. The van der Waals surface area contributed by atoms with Crippen LogP contribution in [0.3, 0.4) is 0 Å². The van der Waals surface area contributed by atoms with Crippen molar-refractivity contribution < 1.29 is 9.59 Å². The molecule has 0 saturated heterocycles. The molecule has 2 N–H and O–H groups in total. The van der Waals surface area contributed by atoms with Crippen LogP contribution in [0.1, 0.15) is 21.6 Å². The van der Waals surface area contributed by atoms with E-state index in [1.807, 2.05) is 25.1 Å². The van der Waals surface area contributed by atoms with Crippen molar-refractivity contribution in [1.82, 2.24) is 4.98 Å². The second-order valence-electron chi connectivity index (χ2n) is 5.79. The second kappa shape index (κ2) is 8.65. The van der Waals surface area contributed by atoms with E-state index in [0.717, 1.165) is 15.7 Å². The van der Waals surface area contributed by atoms with Gasteiger partial charge in [0.2, 0.25) is 5.91 Å². The van der Waals surface area contributed by atoms with E-state index in [1.165, 1.54) is 11.3 Å². The van der Waals surface area contributed by atoms with E-state index in [2.05, 4.69) is 31.5 Å². The van der Waals surface area contributed by atoms with Crippen LogP contribution in [-0.4, -0.2) is 16.8 Å². The number of aryl methyl sites for hydroxylation is 1. The third-order valence-corrected chi connectivity index (χ3v) is 5.23. The average molecular weight is 465 g/mol. The van der Waals surface area contributed by atoms with Gasteiger partial charge in [0.15, 0.2) is 5.13 Å². The van der Waals surface area contributed by atoms with Crippen molar-refractivity contribution in [1.29, 1.82) is 0 Å². The number of hydrogen-bond donors (Lipinski definition) is 2. The van der Waals surface area contributed by atoms with Crippen molar-refractivity contribution in [3.63, 3.8) is 0 Å². The summed E-state index contributed by atoms with van der Waals surface area (Å²) in [6, 6.07) is 12.2. The third-order valence-electron chi connectivity index (χ3n) is 3.68. The molecular weight excluding hydrogens is 450 g/mol. The summed E-state index contributed by atoms with van der Waals surface area (Å²) in [7, 11) is 0. The van der Waals surface area contributed by atoms with Gasteiger partial charge in [-0.05, 0) is 55.0 Å². The molecule has 3 rings (SSSR count). The SMILES string of the molecule is Cc1cc(Br)ccc1NC(=O)Cc1csc(NC(=O)c2ccc(Cl)cc2)n1. The first-order valence-corrected chi connectivity index (χ1v) is 10.0. The van der Waals surface area contributed by atoms with E-state index >= 15 is 0 Å². The predicted molar refractivity (Wildman–Crippen MR) is 113 cm³/mol. The number of halogens is 2. The van der Waals surface area contributed by atoms with Crippen LogP contribution in [-0.2, 0) is 11.2 Å². The lowest BCUT2D eigenvalue weighted by Crippen LogP contribution is -2.15. The zero-order valence-corrected chi connectivity index (χ0v) is 17.4. The highest BCUT2D eigenvalue weighted by atomic mass is 79.9. The maximum absolute atomic E-state index is 12.2. The van der Waals surface area contributed by atoms with Crippen molar-refractivity contribution in [2.24, 2.45) is 0 Å². The molecule has 0 spiro atoms. The quantitative estimate of drug-likeness (QED) is 0.538. The number of aromatic nitrogens is 1. The predicted octanol–water partition coefficient (Wildman–Crippen LogP) is 5.30. The first-order valence-electron chi connectivity index (χ1n) is 7.98. The number of nitrogens with one attached hydrogen (secondary N) is 2. The Morgan fingerprint density at radius 2 is 1.89 bits per heavy atom. The average Bonchev–Trinajstić information content (AvgIpc) is 3.04. The molecule has 5 nitrogen and oxygen atoms in total. The normalized spacial score (nSPS) is 10.5. The van der Waals surface area contributed by atoms with E-state index in [4.69, 9.17) is 11.6 Å². The highest BCUT2D eigenvalue weighted by molar-refractivity contribution is 9.10. The monoisotopic (exact) mass is 463 g/mol. The van der Waals surface area contributed by atoms with Crippen LogP contribution in [0, 0.1) is 6.92 Å². The van der Waals surface area contributed by atoms with E-state index < -0.39 is 0 Å². The third kappa shape index (κ3) is 5.38. The molecule has 138 valence electrons. The number of rotatable bonds is 5. The Hall–Kier alpha value is -2.22. The van der Waals surface area contributed by atoms with Gasteiger partial charge in [0, 0.05) is 26.1 Å². The number of hydrogen-bond acceptors (Lipinski definition) is 4. The molecule has 0 aliphatic heterocycles. The molecule has 0 aliphatic rings. The van der Waals surface area contributed by atoms with Gasteiger partial charge < -0.3 is 5.32 Å². The Morgan fingerprint density at radius 1 is 1.15 bits per heavy atom. The molecule has 0 atom stereocenters. The largest absolute Gasteiger partial charge is 0.326 e. The Balaban J connectivity index is 1.59. The summed E-state index contributed by atoms with van der Waals surface area (Å²) >= 11 is 10.5. The standard InChI is InChI=1S/C19H15BrClN3O2S/c1-11-8-13(20)4-7-16(11)23-17(25)9-15-10-27-19(22-15)24-18(26)12-2-5-14(21)6-3-12/h2-8,10H,9H2,1H3,(H,23,25)(H,22,24,26). The summed E-state index contributed by atoms with van der Waals surface area (Å²) in [6.45, 7) is 1.92. The topological polar surface area (TPSA) is 71.1 Å². The number of carbonyl (C=O) groups is 2. The maximum Gasteiger partial charge on any atom is 0.257 e. The number of carbonyl (C=O) groups excluding carboxylic acids is 2. The fraction of sp³-hybridized carbons (Fsp3) is 0.105. The van der Waals surface area contributed by atoms with Crippen LogP contribution in [0.2, 0.25) is 5.02 Å². The van der Waals surface area contributed by atoms with Gasteiger partial charge in [0.1, 0.15) is 0 Å². The molecule has 0 aliphatic carbocycles. The zero-order chi connectivity index (χ0) is 19.4. The van der Waals surface area contributed by atoms with E-state index in [9.17, 15) is 9.59 Å². The van der Waals surface area contributed by atoms with Crippen molar-refractivity contribution >= 4 is 61.5 Å². The Morgan fingerprint density at radius 3 is 2.59 bits per heavy atom. The van der Waals surface area contributed by atoms with Crippen LogP contribution in [0.25, 0.3) is 0 Å². The molecule has 27 heavy (non-hydrogen) atoms. The zero-order valence-electron chi connectivity index (χ0n) is 14.3. The fourth-order valence-corrected chi connectivity index (χ4v) is 3.65. The smallest absolute Gasteiger partial charge is 0.257 e. The molecular formula is C19H15BrClN3O2S. The molecule has 3 aromatic rings. The lowest BCUT2D eigenvalue weighted by molar-refractivity contribution is -0.115. The number of nitrogens with zero attached hydrogens (tertiary/aromatic N) is 1. The molecule has 2 aromatic carbocycles. The minimum atomic E-state index is -0.275. The number of thiazole rings is 1. The molecule has 0 saturated carbocycles. The fourth-order valence-electron chi connectivity index (χ4n) is 2.34. The van der Waals surface area contributed by atoms with Gasteiger partial charge >= 0.3 is 0 Å². The molecule has 0 fully saturated rings. The Kier molecular flexibility index (Phi) is 6.26. The van der Waals surface area contributed by atoms with Crippen LogP contribution >= 0.6 is 38.9 Å². The summed E-state index contributed by atoms with van der Waals surface area (Å²) in [4.78, 5) is 28.7. The van der Waals surface area contributed by atoms with Gasteiger partial charge in [0.25, 0.3) is 5.91 Å². The highest BCUT2D eigenvalue weighted by Gasteiger charge is 2.12. The first-order chi connectivity index (χ1) is 12.9.